The highest BCUT2D eigenvalue weighted by Gasteiger charge is 2.47. The van der Waals surface area contributed by atoms with Gasteiger partial charge in [-0.05, 0) is 78.9 Å². The maximum absolute atomic E-state index is 7.33. The van der Waals surface area contributed by atoms with Gasteiger partial charge in [-0.3, -0.25) is 8.97 Å². The van der Waals surface area contributed by atoms with E-state index in [0.29, 0.717) is 0 Å². The van der Waals surface area contributed by atoms with Crippen molar-refractivity contribution in [2.75, 3.05) is 0 Å². The number of benzene rings is 7. The van der Waals surface area contributed by atoms with E-state index in [1.807, 2.05) is 0 Å². The van der Waals surface area contributed by atoms with Crippen LogP contribution in [0.3, 0.4) is 0 Å². The van der Waals surface area contributed by atoms with Gasteiger partial charge in [-0.25, -0.2) is 4.98 Å². The molecule has 1 aliphatic heterocycles. The first-order valence-corrected chi connectivity index (χ1v) is 20.3. The lowest BCUT2D eigenvalue weighted by Crippen LogP contribution is -2.39. The Kier molecular flexibility index (Phi) is 7.24. The molecule has 10 rings (SSSR count). The Bertz CT molecular complexity index is 2830. The van der Waals surface area contributed by atoms with E-state index in [-0.39, 0.29) is 10.8 Å². The Morgan fingerprint density at radius 1 is 0.500 bits per heavy atom. The van der Waals surface area contributed by atoms with Gasteiger partial charge in [0, 0.05) is 41.5 Å². The van der Waals surface area contributed by atoms with E-state index in [1.165, 1.54) is 30.7 Å². The van der Waals surface area contributed by atoms with Crippen LogP contribution in [0, 0.1) is 0 Å². The SMILES string of the molecule is CC1(C)c2ccccc2Oc2c(cccc2S(c2ccccc2)(c2ccccc2)c2cccc(-n3c4ccccc4n4c5ccccc5nc34)c2)C1(C)C. The molecule has 2 aromatic heterocycles. The number of hydrogen-bond acceptors (Lipinski definition) is 2. The highest BCUT2D eigenvalue weighted by atomic mass is 32.3. The second-order valence-corrected chi connectivity index (χ2v) is 18.4. The lowest BCUT2D eigenvalue weighted by molar-refractivity contribution is 0.305. The van der Waals surface area contributed by atoms with Gasteiger partial charge in [0.2, 0.25) is 5.78 Å². The monoisotopic (exact) mass is 719 g/mol. The maximum Gasteiger partial charge on any atom is 0.220 e. The molecule has 0 unspecified atom stereocenters. The molecule has 7 aromatic carbocycles. The van der Waals surface area contributed by atoms with E-state index in [9.17, 15) is 0 Å². The average molecular weight is 720 g/mol. The molecule has 1 aliphatic rings. The van der Waals surface area contributed by atoms with Crippen LogP contribution in [-0.4, -0.2) is 14.0 Å². The van der Waals surface area contributed by atoms with Crippen LogP contribution in [0.25, 0.3) is 33.5 Å². The van der Waals surface area contributed by atoms with Crippen molar-refractivity contribution in [3.8, 4) is 17.2 Å². The normalized spacial score (nSPS) is 15.0. The van der Waals surface area contributed by atoms with Crippen LogP contribution < -0.4 is 4.74 Å². The lowest BCUT2D eigenvalue weighted by Gasteiger charge is -2.45. The van der Waals surface area contributed by atoms with Crippen LogP contribution in [0.1, 0.15) is 38.8 Å². The molecule has 54 heavy (non-hydrogen) atoms. The van der Waals surface area contributed by atoms with Crippen molar-refractivity contribution in [3.63, 3.8) is 0 Å². The number of hydrogen-bond donors (Lipinski definition) is 0. The lowest BCUT2D eigenvalue weighted by atomic mass is 9.61. The molecule has 0 fully saturated rings. The van der Waals surface area contributed by atoms with E-state index in [2.05, 4.69) is 213 Å². The quantitative estimate of drug-likeness (QED) is 0.177. The number of fused-ring (bicyclic) bond motifs is 7. The summed E-state index contributed by atoms with van der Waals surface area (Å²) in [5.74, 6) is 2.76. The van der Waals surface area contributed by atoms with E-state index in [1.54, 1.807) is 0 Å². The molecule has 4 nitrogen and oxygen atoms in total. The van der Waals surface area contributed by atoms with Crippen molar-refractivity contribution in [1.29, 1.82) is 0 Å². The summed E-state index contributed by atoms with van der Waals surface area (Å²) in [6.45, 7) is 9.47. The van der Waals surface area contributed by atoms with Gasteiger partial charge in [0.15, 0.2) is 0 Å². The first-order chi connectivity index (χ1) is 26.3. The van der Waals surface area contributed by atoms with Crippen molar-refractivity contribution in [2.45, 2.75) is 58.1 Å². The Morgan fingerprint density at radius 3 is 1.80 bits per heavy atom. The van der Waals surface area contributed by atoms with E-state index in [4.69, 9.17) is 9.72 Å². The first-order valence-electron chi connectivity index (χ1n) is 18.6. The molecule has 0 aliphatic carbocycles. The second-order valence-electron chi connectivity index (χ2n) is 15.3. The molecule has 0 saturated carbocycles. The minimum absolute atomic E-state index is 0.209. The van der Waals surface area contributed by atoms with Gasteiger partial charge in [-0.15, -0.1) is 10.0 Å². The minimum Gasteiger partial charge on any atom is -0.456 e. The van der Waals surface area contributed by atoms with Gasteiger partial charge in [0.05, 0.1) is 27.8 Å². The Morgan fingerprint density at radius 2 is 1.06 bits per heavy atom. The molecule has 264 valence electrons. The molecule has 0 saturated heterocycles. The van der Waals surface area contributed by atoms with Crippen molar-refractivity contribution in [3.05, 3.63) is 187 Å². The zero-order valence-corrected chi connectivity index (χ0v) is 31.7. The van der Waals surface area contributed by atoms with Crippen LogP contribution in [0.2, 0.25) is 0 Å². The third kappa shape index (κ3) is 4.48. The summed E-state index contributed by atoms with van der Waals surface area (Å²) >= 11 is 0. The zero-order valence-electron chi connectivity index (χ0n) is 30.9. The summed E-state index contributed by atoms with van der Waals surface area (Å²) in [4.78, 5) is 10.1. The molecule has 0 bridgehead atoms. The van der Waals surface area contributed by atoms with Gasteiger partial charge in [-0.1, -0.05) is 125 Å². The number of aromatic nitrogens is 3. The van der Waals surface area contributed by atoms with Gasteiger partial charge in [0.25, 0.3) is 0 Å². The fourth-order valence-corrected chi connectivity index (χ4v) is 12.7. The largest absolute Gasteiger partial charge is 0.456 e. The van der Waals surface area contributed by atoms with Crippen molar-refractivity contribution in [2.24, 2.45) is 0 Å². The highest BCUT2D eigenvalue weighted by molar-refractivity contribution is 8.34. The molecule has 0 radical (unpaired) electrons. The summed E-state index contributed by atoms with van der Waals surface area (Å²) in [5, 5.41) is 0. The number of ether oxygens (including phenoxy) is 1. The number of nitrogens with zero attached hydrogens (tertiary/aromatic N) is 3. The predicted octanol–water partition coefficient (Wildman–Crippen LogP) is 13.1. The summed E-state index contributed by atoms with van der Waals surface area (Å²) < 4.78 is 11.9. The van der Waals surface area contributed by atoms with Crippen LogP contribution in [0.15, 0.2) is 196 Å². The first kappa shape index (κ1) is 32.6. The zero-order chi connectivity index (χ0) is 36.7. The molecular formula is C49H41N3OS. The molecule has 9 aromatic rings. The minimum atomic E-state index is -2.17. The van der Waals surface area contributed by atoms with E-state index in [0.717, 1.165) is 45.0 Å². The van der Waals surface area contributed by atoms with Gasteiger partial charge < -0.3 is 4.74 Å². The van der Waals surface area contributed by atoms with Gasteiger partial charge >= 0.3 is 0 Å². The summed E-state index contributed by atoms with van der Waals surface area (Å²) in [7, 11) is -2.17. The number of para-hydroxylation sites is 6. The third-order valence-electron chi connectivity index (χ3n) is 12.0. The van der Waals surface area contributed by atoms with Gasteiger partial charge in [-0.2, -0.15) is 0 Å². The van der Waals surface area contributed by atoms with Crippen LogP contribution in [0.4, 0.5) is 0 Å². The van der Waals surface area contributed by atoms with Crippen LogP contribution in [0.5, 0.6) is 11.5 Å². The topological polar surface area (TPSA) is 31.5 Å². The summed E-state index contributed by atoms with van der Waals surface area (Å²) in [6, 6.07) is 63.8. The predicted molar refractivity (Wildman–Crippen MR) is 222 cm³/mol. The maximum atomic E-state index is 7.33. The smallest absolute Gasteiger partial charge is 0.220 e. The van der Waals surface area contributed by atoms with Gasteiger partial charge in [0.1, 0.15) is 11.5 Å². The average Bonchev–Trinajstić information content (AvgIpc) is 3.72. The number of rotatable bonds is 5. The number of imidazole rings is 2. The summed E-state index contributed by atoms with van der Waals surface area (Å²) in [5.41, 5.74) is 7.34. The van der Waals surface area contributed by atoms with Crippen molar-refractivity contribution in [1.82, 2.24) is 14.0 Å². The Balaban J connectivity index is 1.32. The molecule has 0 spiro atoms. The third-order valence-corrected chi connectivity index (χ3v) is 15.9. The van der Waals surface area contributed by atoms with Crippen molar-refractivity contribution >= 4 is 37.9 Å². The fraction of sp³-hybridized carbons (Fsp3) is 0.122. The molecule has 0 amide bonds. The molecule has 5 heteroatoms. The molecule has 3 heterocycles. The molecular weight excluding hydrogens is 679 g/mol. The van der Waals surface area contributed by atoms with E-state index >= 15 is 0 Å². The Hall–Kier alpha value is -6.04. The molecule has 0 N–H and O–H groups in total. The standard InChI is InChI=1S/C49H41N3OS/c1-48(2)38-25-11-16-31-44(38)53-46-39(49(48,3)4)26-18-32-45(46)54(35-20-7-5-8-21-35,36-22-9-6-10-23-36)37-24-17-19-34(33-37)51-42-29-14-15-30-43(42)52-41-28-13-12-27-40(41)50-47(51)52/h5-33H,1-4H3. The van der Waals surface area contributed by atoms with E-state index < -0.39 is 10.0 Å². The van der Waals surface area contributed by atoms with Crippen LogP contribution in [-0.2, 0) is 10.8 Å². The highest BCUT2D eigenvalue weighted by Crippen LogP contribution is 2.76. The fourth-order valence-electron chi connectivity index (χ4n) is 8.67. The summed E-state index contributed by atoms with van der Waals surface area (Å²) in [6.07, 6.45) is 0. The molecule has 0 atom stereocenters. The Labute approximate surface area is 317 Å². The second kappa shape index (κ2) is 12.0. The van der Waals surface area contributed by atoms with Crippen molar-refractivity contribution < 1.29 is 4.74 Å². The van der Waals surface area contributed by atoms with Crippen LogP contribution >= 0.6 is 10.0 Å².